The highest BCUT2D eigenvalue weighted by molar-refractivity contribution is 7.84. The molecule has 15 heavy (non-hydrogen) atoms. The summed E-state index contributed by atoms with van der Waals surface area (Å²) in [6.45, 7) is 0.799. The van der Waals surface area contributed by atoms with Crippen LogP contribution in [0.2, 0.25) is 0 Å². The normalized spacial score (nSPS) is 18.2. The topological polar surface area (TPSA) is 37.4 Å². The zero-order chi connectivity index (χ0) is 10.8. The van der Waals surface area contributed by atoms with E-state index in [9.17, 15) is 9.00 Å². The van der Waals surface area contributed by atoms with Gasteiger partial charge in [0.1, 0.15) is 0 Å². The van der Waals surface area contributed by atoms with Crippen LogP contribution in [-0.2, 0) is 15.6 Å². The number of hydrogen-bond donors (Lipinski definition) is 0. The highest BCUT2D eigenvalue weighted by Gasteiger charge is 2.21. The fourth-order valence-electron chi connectivity index (χ4n) is 1.74. The van der Waals surface area contributed by atoms with Crippen LogP contribution in [0.3, 0.4) is 0 Å². The standard InChI is InChI=1S/C11H13NO2S/c1-15(14)10-6-4-9(5-7-10)12-8-2-3-11(12)13/h4-7H,2-3,8H2,1H3. The number of benzene rings is 1. The summed E-state index contributed by atoms with van der Waals surface area (Å²) in [5.41, 5.74) is 0.909. The second kappa shape index (κ2) is 4.14. The summed E-state index contributed by atoms with van der Waals surface area (Å²) >= 11 is 0. The molecule has 1 aromatic carbocycles. The average molecular weight is 223 g/mol. The largest absolute Gasteiger partial charge is 0.312 e. The number of carbonyl (C=O) groups is 1. The number of nitrogens with zero attached hydrogens (tertiary/aromatic N) is 1. The molecule has 1 saturated heterocycles. The van der Waals surface area contributed by atoms with Gasteiger partial charge in [0.25, 0.3) is 0 Å². The highest BCUT2D eigenvalue weighted by atomic mass is 32.2. The summed E-state index contributed by atoms with van der Waals surface area (Å²) in [6, 6.07) is 7.36. The van der Waals surface area contributed by atoms with E-state index in [-0.39, 0.29) is 5.91 Å². The van der Waals surface area contributed by atoms with Gasteiger partial charge in [-0.1, -0.05) is 0 Å². The van der Waals surface area contributed by atoms with Gasteiger partial charge in [0.2, 0.25) is 5.91 Å². The molecule has 1 aliphatic heterocycles. The molecule has 1 atom stereocenters. The maximum absolute atomic E-state index is 11.5. The molecule has 0 saturated carbocycles. The molecule has 2 rings (SSSR count). The Morgan fingerprint density at radius 1 is 1.27 bits per heavy atom. The van der Waals surface area contributed by atoms with E-state index in [2.05, 4.69) is 0 Å². The van der Waals surface area contributed by atoms with E-state index in [0.717, 1.165) is 23.5 Å². The van der Waals surface area contributed by atoms with Gasteiger partial charge in [-0.25, -0.2) is 0 Å². The van der Waals surface area contributed by atoms with Gasteiger partial charge in [-0.2, -0.15) is 0 Å². The third-order valence-corrected chi connectivity index (χ3v) is 3.49. The number of anilines is 1. The summed E-state index contributed by atoms with van der Waals surface area (Å²) in [5.74, 6) is 0.181. The zero-order valence-corrected chi connectivity index (χ0v) is 9.42. The maximum Gasteiger partial charge on any atom is 0.227 e. The van der Waals surface area contributed by atoms with Crippen molar-refractivity contribution in [2.24, 2.45) is 0 Å². The first kappa shape index (κ1) is 10.4. The minimum atomic E-state index is -0.951. The fraction of sp³-hybridized carbons (Fsp3) is 0.364. The Labute approximate surface area is 91.5 Å². The Balaban J connectivity index is 2.23. The first-order valence-corrected chi connectivity index (χ1v) is 6.48. The van der Waals surface area contributed by atoms with E-state index in [1.165, 1.54) is 0 Å². The van der Waals surface area contributed by atoms with Crippen LogP contribution >= 0.6 is 0 Å². The summed E-state index contributed by atoms with van der Waals surface area (Å²) in [5, 5.41) is 0. The molecule has 1 heterocycles. The Morgan fingerprint density at radius 3 is 2.40 bits per heavy atom. The first-order chi connectivity index (χ1) is 7.18. The van der Waals surface area contributed by atoms with E-state index in [0.29, 0.717) is 6.42 Å². The molecule has 0 bridgehead atoms. The molecule has 0 radical (unpaired) electrons. The Hall–Kier alpha value is -1.16. The predicted octanol–water partition coefficient (Wildman–Crippen LogP) is 1.55. The van der Waals surface area contributed by atoms with Gasteiger partial charge >= 0.3 is 0 Å². The number of hydrogen-bond acceptors (Lipinski definition) is 2. The van der Waals surface area contributed by atoms with Crippen LogP contribution in [0.25, 0.3) is 0 Å². The van der Waals surface area contributed by atoms with Crippen molar-refractivity contribution in [2.45, 2.75) is 17.7 Å². The van der Waals surface area contributed by atoms with Crippen LogP contribution in [0.15, 0.2) is 29.2 Å². The van der Waals surface area contributed by atoms with E-state index >= 15 is 0 Å². The minimum Gasteiger partial charge on any atom is -0.312 e. The summed E-state index contributed by atoms with van der Waals surface area (Å²) in [7, 11) is -0.951. The van der Waals surface area contributed by atoms with Gasteiger partial charge in [0.15, 0.2) is 0 Å². The smallest absolute Gasteiger partial charge is 0.227 e. The van der Waals surface area contributed by atoms with Crippen molar-refractivity contribution in [3.05, 3.63) is 24.3 Å². The van der Waals surface area contributed by atoms with Crippen LogP contribution in [0.5, 0.6) is 0 Å². The molecule has 0 spiro atoms. The van der Waals surface area contributed by atoms with E-state index in [1.54, 1.807) is 11.2 Å². The minimum absolute atomic E-state index is 0.181. The SMILES string of the molecule is CS(=O)c1ccc(N2CCCC2=O)cc1. The lowest BCUT2D eigenvalue weighted by molar-refractivity contribution is -0.117. The molecular weight excluding hydrogens is 210 g/mol. The molecule has 80 valence electrons. The summed E-state index contributed by atoms with van der Waals surface area (Å²) < 4.78 is 11.2. The molecule has 1 amide bonds. The summed E-state index contributed by atoms with van der Waals surface area (Å²) in [4.78, 5) is 14.0. The predicted molar refractivity (Wildman–Crippen MR) is 60.4 cm³/mol. The molecule has 1 fully saturated rings. The number of amides is 1. The summed E-state index contributed by atoms with van der Waals surface area (Å²) in [6.07, 6.45) is 3.22. The van der Waals surface area contributed by atoms with Gasteiger partial charge in [-0.15, -0.1) is 0 Å². The van der Waals surface area contributed by atoms with Crippen LogP contribution in [0.4, 0.5) is 5.69 Å². The van der Waals surface area contributed by atoms with E-state index in [1.807, 2.05) is 24.3 Å². The van der Waals surface area contributed by atoms with Crippen LogP contribution in [0, 0.1) is 0 Å². The molecule has 0 aliphatic carbocycles. The van der Waals surface area contributed by atoms with Crippen molar-refractivity contribution in [1.29, 1.82) is 0 Å². The molecule has 1 aliphatic rings. The van der Waals surface area contributed by atoms with Gasteiger partial charge in [0.05, 0.1) is 0 Å². The third kappa shape index (κ3) is 2.09. The first-order valence-electron chi connectivity index (χ1n) is 4.92. The molecule has 0 N–H and O–H groups in total. The van der Waals surface area contributed by atoms with Crippen LogP contribution in [0.1, 0.15) is 12.8 Å². The Bertz CT molecular complexity index is 400. The third-order valence-electron chi connectivity index (χ3n) is 2.55. The lowest BCUT2D eigenvalue weighted by atomic mass is 10.3. The van der Waals surface area contributed by atoms with Crippen molar-refractivity contribution in [2.75, 3.05) is 17.7 Å². The quantitative estimate of drug-likeness (QED) is 0.763. The molecular formula is C11H13NO2S. The van der Waals surface area contributed by atoms with Gasteiger partial charge in [0, 0.05) is 40.6 Å². The highest BCUT2D eigenvalue weighted by Crippen LogP contribution is 2.22. The second-order valence-electron chi connectivity index (χ2n) is 3.60. The van der Waals surface area contributed by atoms with E-state index in [4.69, 9.17) is 0 Å². The zero-order valence-electron chi connectivity index (χ0n) is 8.60. The van der Waals surface area contributed by atoms with Crippen molar-refractivity contribution in [3.8, 4) is 0 Å². The van der Waals surface area contributed by atoms with Crippen molar-refractivity contribution in [3.63, 3.8) is 0 Å². The van der Waals surface area contributed by atoms with Gasteiger partial charge < -0.3 is 4.90 Å². The molecule has 4 heteroatoms. The fourth-order valence-corrected chi connectivity index (χ4v) is 2.26. The maximum atomic E-state index is 11.5. The van der Waals surface area contributed by atoms with Crippen molar-refractivity contribution in [1.82, 2.24) is 0 Å². The Morgan fingerprint density at radius 2 is 1.93 bits per heavy atom. The molecule has 3 nitrogen and oxygen atoms in total. The lowest BCUT2D eigenvalue weighted by Gasteiger charge is -2.15. The Kier molecular flexibility index (Phi) is 2.86. The van der Waals surface area contributed by atoms with Gasteiger partial charge in [-0.3, -0.25) is 9.00 Å². The van der Waals surface area contributed by atoms with Crippen LogP contribution < -0.4 is 4.90 Å². The monoisotopic (exact) mass is 223 g/mol. The molecule has 1 aromatic rings. The number of rotatable bonds is 2. The lowest BCUT2D eigenvalue weighted by Crippen LogP contribution is -2.23. The second-order valence-corrected chi connectivity index (χ2v) is 4.98. The molecule has 1 unspecified atom stereocenters. The average Bonchev–Trinajstić information content (AvgIpc) is 2.65. The molecule has 0 aromatic heterocycles. The van der Waals surface area contributed by atoms with Crippen molar-refractivity contribution < 1.29 is 9.00 Å². The van der Waals surface area contributed by atoms with Crippen LogP contribution in [-0.4, -0.2) is 22.9 Å². The van der Waals surface area contributed by atoms with E-state index < -0.39 is 10.8 Å². The van der Waals surface area contributed by atoms with Crippen molar-refractivity contribution >= 4 is 22.4 Å². The number of carbonyl (C=O) groups excluding carboxylic acids is 1. The van der Waals surface area contributed by atoms with Gasteiger partial charge in [-0.05, 0) is 30.7 Å².